The number of benzene rings is 1. The van der Waals surface area contributed by atoms with Crippen molar-refractivity contribution in [2.75, 3.05) is 5.32 Å². The molecule has 0 aliphatic heterocycles. The Morgan fingerprint density at radius 1 is 1.24 bits per heavy atom. The van der Waals surface area contributed by atoms with E-state index in [1.165, 1.54) is 0 Å². The van der Waals surface area contributed by atoms with Gasteiger partial charge in [0.05, 0.1) is 11.9 Å². The van der Waals surface area contributed by atoms with Gasteiger partial charge in [-0.2, -0.15) is 0 Å². The van der Waals surface area contributed by atoms with Crippen LogP contribution in [0.25, 0.3) is 0 Å². The SMILES string of the molecule is Cc1ccc(Nc2ccccc2C(N)=S)cn1. The molecule has 0 radical (unpaired) electrons. The predicted molar refractivity (Wildman–Crippen MR) is 74.6 cm³/mol. The molecule has 86 valence electrons. The molecule has 0 aliphatic rings. The number of rotatable bonds is 3. The van der Waals surface area contributed by atoms with Crippen molar-refractivity contribution >= 4 is 28.6 Å². The van der Waals surface area contributed by atoms with Crippen molar-refractivity contribution < 1.29 is 0 Å². The van der Waals surface area contributed by atoms with Gasteiger partial charge in [0.25, 0.3) is 0 Å². The fourth-order valence-electron chi connectivity index (χ4n) is 1.50. The van der Waals surface area contributed by atoms with E-state index < -0.39 is 0 Å². The van der Waals surface area contributed by atoms with Gasteiger partial charge in [0.15, 0.2) is 0 Å². The zero-order valence-corrected chi connectivity index (χ0v) is 10.3. The number of pyridine rings is 1. The van der Waals surface area contributed by atoms with Crippen molar-refractivity contribution in [2.45, 2.75) is 6.92 Å². The lowest BCUT2D eigenvalue weighted by Crippen LogP contribution is -2.11. The molecule has 2 aromatic rings. The average Bonchev–Trinajstić information content (AvgIpc) is 2.32. The minimum absolute atomic E-state index is 0.383. The number of aryl methyl sites for hydroxylation is 1. The molecule has 0 saturated heterocycles. The minimum atomic E-state index is 0.383. The molecule has 0 atom stereocenters. The van der Waals surface area contributed by atoms with Crippen LogP contribution in [-0.4, -0.2) is 9.97 Å². The standard InChI is InChI=1S/C13H13N3S/c1-9-6-7-10(8-15-9)16-12-5-3-2-4-11(12)13(14)17/h2-8,16H,1H3,(H2,14,17). The van der Waals surface area contributed by atoms with Crippen LogP contribution < -0.4 is 11.1 Å². The summed E-state index contributed by atoms with van der Waals surface area (Å²) < 4.78 is 0. The Kier molecular flexibility index (Phi) is 3.35. The summed E-state index contributed by atoms with van der Waals surface area (Å²) >= 11 is 5.01. The van der Waals surface area contributed by atoms with Gasteiger partial charge in [-0.25, -0.2) is 0 Å². The zero-order valence-electron chi connectivity index (χ0n) is 9.47. The quantitative estimate of drug-likeness (QED) is 0.814. The Morgan fingerprint density at radius 2 is 2.00 bits per heavy atom. The van der Waals surface area contributed by atoms with Crippen LogP contribution in [0.2, 0.25) is 0 Å². The molecule has 0 spiro atoms. The van der Waals surface area contributed by atoms with Gasteiger partial charge in [0.1, 0.15) is 4.99 Å². The first-order valence-electron chi connectivity index (χ1n) is 5.25. The lowest BCUT2D eigenvalue weighted by atomic mass is 10.1. The third-order valence-corrected chi connectivity index (χ3v) is 2.60. The molecular weight excluding hydrogens is 230 g/mol. The molecule has 3 N–H and O–H groups in total. The molecule has 1 heterocycles. The Hall–Kier alpha value is -1.94. The van der Waals surface area contributed by atoms with Crippen LogP contribution in [-0.2, 0) is 0 Å². The molecule has 4 heteroatoms. The van der Waals surface area contributed by atoms with Crippen LogP contribution in [0.3, 0.4) is 0 Å². The Balaban J connectivity index is 2.30. The van der Waals surface area contributed by atoms with Gasteiger partial charge in [0, 0.05) is 16.9 Å². The number of para-hydroxylation sites is 1. The van der Waals surface area contributed by atoms with E-state index in [1.54, 1.807) is 6.20 Å². The normalized spacial score (nSPS) is 9.94. The topological polar surface area (TPSA) is 50.9 Å². The fourth-order valence-corrected chi connectivity index (χ4v) is 1.68. The lowest BCUT2D eigenvalue weighted by Gasteiger charge is -2.10. The molecule has 0 unspecified atom stereocenters. The highest BCUT2D eigenvalue weighted by molar-refractivity contribution is 7.80. The second kappa shape index (κ2) is 4.93. The van der Waals surface area contributed by atoms with E-state index in [0.29, 0.717) is 4.99 Å². The van der Waals surface area contributed by atoms with Crippen molar-refractivity contribution in [3.05, 3.63) is 53.9 Å². The second-order valence-corrected chi connectivity index (χ2v) is 4.16. The summed E-state index contributed by atoms with van der Waals surface area (Å²) in [4.78, 5) is 4.61. The summed E-state index contributed by atoms with van der Waals surface area (Å²) in [6, 6.07) is 11.6. The Bertz CT molecular complexity index is 535. The molecule has 0 bridgehead atoms. The minimum Gasteiger partial charge on any atom is -0.389 e. The molecule has 1 aromatic carbocycles. The average molecular weight is 243 g/mol. The van der Waals surface area contributed by atoms with Gasteiger partial charge in [-0.05, 0) is 31.2 Å². The van der Waals surface area contributed by atoms with Crippen molar-refractivity contribution in [3.8, 4) is 0 Å². The van der Waals surface area contributed by atoms with Crippen LogP contribution in [0.1, 0.15) is 11.3 Å². The molecule has 1 aromatic heterocycles. The molecule has 3 nitrogen and oxygen atoms in total. The van der Waals surface area contributed by atoms with Crippen molar-refractivity contribution in [1.82, 2.24) is 4.98 Å². The summed E-state index contributed by atoms with van der Waals surface area (Å²) in [7, 11) is 0. The molecule has 17 heavy (non-hydrogen) atoms. The summed E-state index contributed by atoms with van der Waals surface area (Å²) in [5.74, 6) is 0. The third-order valence-electron chi connectivity index (χ3n) is 2.38. The maximum Gasteiger partial charge on any atom is 0.106 e. The van der Waals surface area contributed by atoms with E-state index in [-0.39, 0.29) is 0 Å². The Labute approximate surface area is 106 Å². The highest BCUT2D eigenvalue weighted by Crippen LogP contribution is 2.20. The third kappa shape index (κ3) is 2.79. The van der Waals surface area contributed by atoms with E-state index in [2.05, 4.69) is 10.3 Å². The van der Waals surface area contributed by atoms with Crippen LogP contribution in [0, 0.1) is 6.92 Å². The first-order valence-corrected chi connectivity index (χ1v) is 5.66. The highest BCUT2D eigenvalue weighted by atomic mass is 32.1. The molecule has 0 aliphatic carbocycles. The zero-order chi connectivity index (χ0) is 12.3. The number of nitrogens with zero attached hydrogens (tertiary/aromatic N) is 1. The number of hydrogen-bond donors (Lipinski definition) is 2. The van der Waals surface area contributed by atoms with Gasteiger partial charge in [-0.3, -0.25) is 4.98 Å². The number of aromatic nitrogens is 1. The number of anilines is 2. The van der Waals surface area contributed by atoms with E-state index in [4.69, 9.17) is 18.0 Å². The predicted octanol–water partition coefficient (Wildman–Crippen LogP) is 2.77. The van der Waals surface area contributed by atoms with Crippen LogP contribution in [0.4, 0.5) is 11.4 Å². The van der Waals surface area contributed by atoms with Gasteiger partial charge in [0.2, 0.25) is 0 Å². The summed E-state index contributed by atoms with van der Waals surface area (Å²) in [5, 5.41) is 3.25. The van der Waals surface area contributed by atoms with Gasteiger partial charge >= 0.3 is 0 Å². The molecule has 0 saturated carbocycles. The van der Waals surface area contributed by atoms with Gasteiger partial charge in [-0.15, -0.1) is 0 Å². The first-order chi connectivity index (χ1) is 8.16. The van der Waals surface area contributed by atoms with Crippen LogP contribution >= 0.6 is 12.2 Å². The van der Waals surface area contributed by atoms with Crippen LogP contribution in [0.5, 0.6) is 0 Å². The summed E-state index contributed by atoms with van der Waals surface area (Å²) in [6.07, 6.45) is 1.78. The fraction of sp³-hybridized carbons (Fsp3) is 0.0769. The van der Waals surface area contributed by atoms with E-state index in [1.807, 2.05) is 43.3 Å². The highest BCUT2D eigenvalue weighted by Gasteiger charge is 2.04. The lowest BCUT2D eigenvalue weighted by molar-refractivity contribution is 1.20. The number of hydrogen-bond acceptors (Lipinski definition) is 3. The Morgan fingerprint density at radius 3 is 2.65 bits per heavy atom. The summed E-state index contributed by atoms with van der Waals surface area (Å²) in [6.45, 7) is 1.95. The van der Waals surface area contributed by atoms with Crippen molar-refractivity contribution in [2.24, 2.45) is 5.73 Å². The number of thiocarbonyl (C=S) groups is 1. The summed E-state index contributed by atoms with van der Waals surface area (Å²) in [5.41, 5.74) is 9.30. The second-order valence-electron chi connectivity index (χ2n) is 3.72. The van der Waals surface area contributed by atoms with Gasteiger partial charge in [-0.1, -0.05) is 24.4 Å². The maximum absolute atomic E-state index is 5.67. The number of nitrogens with two attached hydrogens (primary N) is 1. The van der Waals surface area contributed by atoms with E-state index in [9.17, 15) is 0 Å². The molecular formula is C13H13N3S. The van der Waals surface area contributed by atoms with Crippen LogP contribution in [0.15, 0.2) is 42.6 Å². The largest absolute Gasteiger partial charge is 0.389 e. The number of nitrogens with one attached hydrogen (secondary N) is 1. The van der Waals surface area contributed by atoms with E-state index in [0.717, 1.165) is 22.6 Å². The monoisotopic (exact) mass is 243 g/mol. The van der Waals surface area contributed by atoms with Gasteiger partial charge < -0.3 is 11.1 Å². The van der Waals surface area contributed by atoms with Crippen molar-refractivity contribution in [1.29, 1.82) is 0 Å². The smallest absolute Gasteiger partial charge is 0.106 e. The maximum atomic E-state index is 5.67. The molecule has 2 rings (SSSR count). The molecule has 0 fully saturated rings. The first kappa shape index (κ1) is 11.5. The molecule has 0 amide bonds. The van der Waals surface area contributed by atoms with Crippen molar-refractivity contribution in [3.63, 3.8) is 0 Å². The van der Waals surface area contributed by atoms with E-state index >= 15 is 0 Å².